The molecule has 0 saturated carbocycles. The molecule has 1 N–H and O–H groups in total. The van der Waals surface area contributed by atoms with E-state index in [0.717, 1.165) is 0 Å². The van der Waals surface area contributed by atoms with Crippen LogP contribution in [0.2, 0.25) is 0 Å². The van der Waals surface area contributed by atoms with Crippen LogP contribution in [0.15, 0.2) is 0 Å². The number of rotatable bonds is 6. The molecule has 0 bridgehead atoms. The molecule has 5 heteroatoms. The van der Waals surface area contributed by atoms with Gasteiger partial charge in [-0.2, -0.15) is 0 Å². The smallest absolute Gasteiger partial charge is 0.153 e. The summed E-state index contributed by atoms with van der Waals surface area (Å²) >= 11 is 0. The third-order valence-electron chi connectivity index (χ3n) is 2.65. The highest BCUT2D eigenvalue weighted by molar-refractivity contribution is 7.91. The number of ketones is 1. The third-order valence-corrected chi connectivity index (χ3v) is 4.86. The van der Waals surface area contributed by atoms with Gasteiger partial charge in [-0.15, -0.1) is 0 Å². The maximum Gasteiger partial charge on any atom is 0.153 e. The highest BCUT2D eigenvalue weighted by atomic mass is 32.2. The molecular weight excluding hydrogens is 214 g/mol. The van der Waals surface area contributed by atoms with Gasteiger partial charge in [-0.1, -0.05) is 0 Å². The number of likely N-dealkylation sites (N-methyl/N-ethyl adjacent to an activating group) is 1. The molecule has 0 aromatic carbocycles. The highest BCUT2D eigenvalue weighted by Gasteiger charge is 2.27. The van der Waals surface area contributed by atoms with E-state index in [1.165, 1.54) is 0 Å². The van der Waals surface area contributed by atoms with Gasteiger partial charge in [-0.05, 0) is 34.7 Å². The number of nitrogens with one attached hydrogen (secondary N) is 1. The minimum atomic E-state index is -3.11. The molecule has 0 aromatic heterocycles. The first-order valence-electron chi connectivity index (χ1n) is 5.07. The van der Waals surface area contributed by atoms with Crippen molar-refractivity contribution in [2.24, 2.45) is 0 Å². The fourth-order valence-corrected chi connectivity index (χ4v) is 1.86. The molecule has 0 amide bonds. The Labute approximate surface area is 92.4 Å². The van der Waals surface area contributed by atoms with Crippen LogP contribution in [0, 0.1) is 0 Å². The molecule has 0 fully saturated rings. The largest absolute Gasteiger partial charge is 0.308 e. The lowest BCUT2D eigenvalue weighted by Gasteiger charge is -2.22. The molecular formula is C10H21NO3S. The zero-order valence-corrected chi connectivity index (χ0v) is 10.9. The Morgan fingerprint density at radius 3 is 2.13 bits per heavy atom. The van der Waals surface area contributed by atoms with Gasteiger partial charge >= 0.3 is 0 Å². The molecule has 4 nitrogen and oxygen atoms in total. The molecule has 15 heavy (non-hydrogen) atoms. The lowest BCUT2D eigenvalue weighted by atomic mass is 9.98. The first-order chi connectivity index (χ1) is 6.63. The van der Waals surface area contributed by atoms with Crippen molar-refractivity contribution in [3.63, 3.8) is 0 Å². The Morgan fingerprint density at radius 1 is 1.33 bits per heavy atom. The Bertz CT molecular complexity index is 318. The maximum absolute atomic E-state index is 11.6. The quantitative estimate of drug-likeness (QED) is 0.738. The van der Waals surface area contributed by atoms with Gasteiger partial charge in [-0.25, -0.2) is 8.42 Å². The molecule has 90 valence electrons. The zero-order chi connectivity index (χ0) is 12.3. The van der Waals surface area contributed by atoms with Crippen molar-refractivity contribution >= 4 is 15.6 Å². The van der Waals surface area contributed by atoms with Crippen molar-refractivity contribution in [1.29, 1.82) is 0 Å². The highest BCUT2D eigenvalue weighted by Crippen LogP contribution is 2.09. The molecule has 0 aromatic rings. The fourth-order valence-electron chi connectivity index (χ4n) is 0.923. The van der Waals surface area contributed by atoms with Crippen LogP contribution >= 0.6 is 0 Å². The number of carbonyl (C=O) groups is 1. The second kappa shape index (κ2) is 5.07. The van der Waals surface area contributed by atoms with E-state index in [1.807, 2.05) is 0 Å². The van der Waals surface area contributed by atoms with E-state index in [4.69, 9.17) is 0 Å². The second-order valence-corrected chi connectivity index (χ2v) is 7.14. The van der Waals surface area contributed by atoms with E-state index < -0.39 is 20.6 Å². The molecule has 0 atom stereocenters. The van der Waals surface area contributed by atoms with Gasteiger partial charge < -0.3 is 5.32 Å². The average molecular weight is 235 g/mol. The predicted octanol–water partition coefficient (Wildman–Crippen LogP) is 0.767. The van der Waals surface area contributed by atoms with Crippen LogP contribution in [-0.4, -0.2) is 37.8 Å². The summed E-state index contributed by atoms with van der Waals surface area (Å²) in [6, 6.07) is 0. The topological polar surface area (TPSA) is 63.2 Å². The lowest BCUT2D eigenvalue weighted by molar-refractivity contribution is -0.123. The molecule has 0 aliphatic heterocycles. The molecule has 0 saturated heterocycles. The summed E-state index contributed by atoms with van der Waals surface area (Å²) < 4.78 is 23.0. The van der Waals surface area contributed by atoms with E-state index >= 15 is 0 Å². The SMILES string of the molecule is CNC(C)(C)C(=O)CCS(=O)(=O)C(C)C. The Morgan fingerprint density at radius 2 is 1.80 bits per heavy atom. The normalized spacial score (nSPS) is 13.2. The Hall–Kier alpha value is -0.420. The van der Waals surface area contributed by atoms with Crippen LogP contribution in [0.1, 0.15) is 34.1 Å². The third kappa shape index (κ3) is 4.30. The van der Waals surface area contributed by atoms with Crippen molar-refractivity contribution in [3.05, 3.63) is 0 Å². The van der Waals surface area contributed by atoms with Crippen LogP contribution in [0.3, 0.4) is 0 Å². The molecule has 0 aliphatic carbocycles. The van der Waals surface area contributed by atoms with E-state index in [-0.39, 0.29) is 18.0 Å². The summed E-state index contributed by atoms with van der Waals surface area (Å²) in [5.74, 6) is -0.136. The number of Topliss-reactive ketones (excluding diaryl/α,β-unsaturated/α-hetero) is 1. The van der Waals surface area contributed by atoms with Crippen molar-refractivity contribution in [1.82, 2.24) is 5.32 Å². The summed E-state index contributed by atoms with van der Waals surface area (Å²) in [6.07, 6.45) is 0.0777. The van der Waals surface area contributed by atoms with Gasteiger partial charge in [0.15, 0.2) is 15.6 Å². The average Bonchev–Trinajstić information content (AvgIpc) is 2.13. The minimum absolute atomic E-state index is 0.0609. The van der Waals surface area contributed by atoms with Crippen molar-refractivity contribution < 1.29 is 13.2 Å². The lowest BCUT2D eigenvalue weighted by Crippen LogP contribution is -2.45. The van der Waals surface area contributed by atoms with Crippen molar-refractivity contribution in [2.75, 3.05) is 12.8 Å². The van der Waals surface area contributed by atoms with Gasteiger partial charge in [0.05, 0.1) is 16.5 Å². The van der Waals surface area contributed by atoms with Crippen LogP contribution in [0.5, 0.6) is 0 Å². The molecule has 0 heterocycles. The maximum atomic E-state index is 11.6. The molecule has 0 spiro atoms. The van der Waals surface area contributed by atoms with E-state index in [9.17, 15) is 13.2 Å². The second-order valence-electron chi connectivity index (χ2n) is 4.46. The standard InChI is InChI=1S/C10H21NO3S/c1-8(2)15(13,14)7-6-9(12)10(3,4)11-5/h8,11H,6-7H2,1-5H3. The Kier molecular flexibility index (Phi) is 4.93. The minimum Gasteiger partial charge on any atom is -0.308 e. The van der Waals surface area contributed by atoms with Crippen LogP contribution in [0.4, 0.5) is 0 Å². The number of hydrogen-bond donors (Lipinski definition) is 1. The number of hydrogen-bond acceptors (Lipinski definition) is 4. The molecule has 0 rings (SSSR count). The molecule has 0 aliphatic rings. The number of carbonyl (C=O) groups excluding carboxylic acids is 1. The summed E-state index contributed by atoms with van der Waals surface area (Å²) in [4.78, 5) is 11.6. The Balaban J connectivity index is 4.37. The van der Waals surface area contributed by atoms with Gasteiger partial charge in [0, 0.05) is 6.42 Å². The summed E-state index contributed by atoms with van der Waals surface area (Å²) in [6.45, 7) is 6.75. The van der Waals surface area contributed by atoms with Gasteiger partial charge in [0.2, 0.25) is 0 Å². The predicted molar refractivity (Wildman–Crippen MR) is 61.7 cm³/mol. The molecule has 0 radical (unpaired) electrons. The zero-order valence-electron chi connectivity index (χ0n) is 10.1. The van der Waals surface area contributed by atoms with E-state index in [0.29, 0.717) is 0 Å². The van der Waals surface area contributed by atoms with Gasteiger partial charge in [0.1, 0.15) is 0 Å². The monoisotopic (exact) mass is 235 g/mol. The van der Waals surface area contributed by atoms with E-state index in [2.05, 4.69) is 5.32 Å². The first-order valence-corrected chi connectivity index (χ1v) is 6.79. The van der Waals surface area contributed by atoms with Gasteiger partial charge in [0.25, 0.3) is 0 Å². The summed E-state index contributed by atoms with van der Waals surface area (Å²) in [5, 5.41) is 2.45. The fraction of sp³-hybridized carbons (Fsp3) is 0.900. The van der Waals surface area contributed by atoms with Crippen LogP contribution < -0.4 is 5.32 Å². The van der Waals surface area contributed by atoms with Crippen LogP contribution in [0.25, 0.3) is 0 Å². The van der Waals surface area contributed by atoms with Crippen molar-refractivity contribution in [2.45, 2.75) is 44.9 Å². The first kappa shape index (κ1) is 14.6. The number of sulfone groups is 1. The van der Waals surface area contributed by atoms with E-state index in [1.54, 1.807) is 34.7 Å². The van der Waals surface area contributed by atoms with Gasteiger partial charge in [-0.3, -0.25) is 4.79 Å². The van der Waals surface area contributed by atoms with Crippen molar-refractivity contribution in [3.8, 4) is 0 Å². The summed E-state index contributed by atoms with van der Waals surface area (Å²) in [5.41, 5.74) is -0.646. The van der Waals surface area contributed by atoms with Crippen LogP contribution in [-0.2, 0) is 14.6 Å². The molecule has 0 unspecified atom stereocenters. The summed E-state index contributed by atoms with van der Waals surface area (Å²) in [7, 11) is -1.42.